The average Bonchev–Trinajstić information content (AvgIpc) is 2.96. The number of carbonyl (C=O) groups is 1. The molecule has 2 aromatic rings. The first-order valence-electron chi connectivity index (χ1n) is 7.70. The number of aryl methyl sites for hydroxylation is 2. The summed E-state index contributed by atoms with van der Waals surface area (Å²) in [6.45, 7) is 4.08. The molecule has 0 bridgehead atoms. The van der Waals surface area contributed by atoms with E-state index in [-0.39, 0.29) is 12.1 Å². The minimum absolute atomic E-state index is 0.0772. The van der Waals surface area contributed by atoms with Crippen molar-refractivity contribution >= 4 is 11.7 Å². The molecule has 1 unspecified atom stereocenters. The molecule has 1 aliphatic heterocycles. The Hall–Kier alpha value is -2.41. The number of rotatable bonds is 2. The summed E-state index contributed by atoms with van der Waals surface area (Å²) in [6.07, 6.45) is 7.16. The molecule has 7 heteroatoms. The average molecular weight is 314 g/mol. The van der Waals surface area contributed by atoms with E-state index in [1.165, 1.54) is 0 Å². The van der Waals surface area contributed by atoms with Crippen LogP contribution in [-0.2, 0) is 7.05 Å². The van der Waals surface area contributed by atoms with Gasteiger partial charge in [0.15, 0.2) is 0 Å². The second-order valence-corrected chi connectivity index (χ2v) is 5.96. The molecular weight excluding hydrogens is 292 g/mol. The molecule has 1 aliphatic rings. The lowest BCUT2D eigenvalue weighted by Gasteiger charge is -2.38. The summed E-state index contributed by atoms with van der Waals surface area (Å²) in [5.74, 6) is 0.977. The van der Waals surface area contributed by atoms with E-state index in [1.807, 2.05) is 35.7 Å². The lowest BCUT2D eigenvalue weighted by Crippen LogP contribution is -2.50. The van der Waals surface area contributed by atoms with Crippen LogP contribution in [0.25, 0.3) is 0 Å². The van der Waals surface area contributed by atoms with Crippen LogP contribution in [0, 0.1) is 6.92 Å². The van der Waals surface area contributed by atoms with E-state index in [4.69, 9.17) is 0 Å². The molecule has 3 rings (SSSR count). The van der Waals surface area contributed by atoms with Gasteiger partial charge < -0.3 is 14.8 Å². The summed E-state index contributed by atoms with van der Waals surface area (Å²) in [7, 11) is 4.05. The van der Waals surface area contributed by atoms with Crippen molar-refractivity contribution < 1.29 is 4.79 Å². The lowest BCUT2D eigenvalue weighted by atomic mass is 10.1. The highest BCUT2D eigenvalue weighted by molar-refractivity contribution is 5.90. The summed E-state index contributed by atoms with van der Waals surface area (Å²) in [5, 5.41) is 2.98. The Morgan fingerprint density at radius 1 is 1.30 bits per heavy atom. The number of likely N-dealkylation sites (N-methyl/N-ethyl adjacent to an activating group) is 1. The number of nitrogens with one attached hydrogen (secondary N) is 1. The van der Waals surface area contributed by atoms with E-state index >= 15 is 0 Å². The van der Waals surface area contributed by atoms with E-state index in [2.05, 4.69) is 27.2 Å². The Morgan fingerprint density at radius 2 is 2.13 bits per heavy atom. The lowest BCUT2D eigenvalue weighted by molar-refractivity contribution is 0.110. The monoisotopic (exact) mass is 314 g/mol. The third kappa shape index (κ3) is 3.19. The van der Waals surface area contributed by atoms with Gasteiger partial charge in [-0.15, -0.1) is 0 Å². The summed E-state index contributed by atoms with van der Waals surface area (Å²) < 4.78 is 2.01. The minimum Gasteiger partial charge on any atom is -0.337 e. The van der Waals surface area contributed by atoms with Crippen LogP contribution in [-0.4, -0.2) is 57.0 Å². The molecule has 0 spiro atoms. The molecule has 3 heterocycles. The van der Waals surface area contributed by atoms with E-state index < -0.39 is 0 Å². The molecular formula is C16H22N6O. The molecule has 1 N–H and O–H groups in total. The van der Waals surface area contributed by atoms with E-state index in [9.17, 15) is 4.79 Å². The molecule has 0 saturated carbocycles. The normalized spacial score (nSPS) is 18.9. The van der Waals surface area contributed by atoms with Gasteiger partial charge in [0.25, 0.3) is 0 Å². The third-order valence-corrected chi connectivity index (χ3v) is 4.35. The topological polar surface area (TPSA) is 66.3 Å². The van der Waals surface area contributed by atoms with Crippen LogP contribution in [0.4, 0.5) is 10.5 Å². The summed E-state index contributed by atoms with van der Waals surface area (Å²) in [4.78, 5) is 25.1. The SMILES string of the molecule is Cc1cnccc1NC(=O)N1CCN(C)C(c2nccn2C)C1. The van der Waals surface area contributed by atoms with Gasteiger partial charge in [-0.05, 0) is 25.6 Å². The number of piperazine rings is 1. The minimum atomic E-state index is -0.0772. The number of carbonyl (C=O) groups excluding carboxylic acids is 1. The molecule has 2 aromatic heterocycles. The van der Waals surface area contributed by atoms with Crippen molar-refractivity contribution in [3.63, 3.8) is 0 Å². The fraction of sp³-hybridized carbons (Fsp3) is 0.438. The highest BCUT2D eigenvalue weighted by Gasteiger charge is 2.30. The van der Waals surface area contributed by atoms with Crippen molar-refractivity contribution in [3.8, 4) is 0 Å². The van der Waals surface area contributed by atoms with Crippen molar-refractivity contribution in [2.75, 3.05) is 32.0 Å². The molecule has 122 valence electrons. The van der Waals surface area contributed by atoms with Crippen LogP contribution < -0.4 is 5.32 Å². The van der Waals surface area contributed by atoms with Crippen molar-refractivity contribution in [2.24, 2.45) is 7.05 Å². The first-order valence-corrected chi connectivity index (χ1v) is 7.70. The Kier molecular flexibility index (Phi) is 4.29. The fourth-order valence-electron chi connectivity index (χ4n) is 2.84. The maximum absolute atomic E-state index is 12.6. The standard InChI is InChI=1S/C16H22N6O/c1-12-10-17-5-4-13(12)19-16(23)22-9-8-20(2)14(11-22)15-18-6-7-21(15)3/h4-7,10,14H,8-9,11H2,1-3H3,(H,17,19,23). The van der Waals surface area contributed by atoms with Crippen molar-refractivity contribution in [2.45, 2.75) is 13.0 Å². The molecule has 1 atom stereocenters. The second-order valence-electron chi connectivity index (χ2n) is 5.96. The fourth-order valence-corrected chi connectivity index (χ4v) is 2.84. The number of imidazole rings is 1. The van der Waals surface area contributed by atoms with Gasteiger partial charge in [-0.1, -0.05) is 0 Å². The van der Waals surface area contributed by atoms with E-state index in [1.54, 1.807) is 18.6 Å². The summed E-state index contributed by atoms with van der Waals surface area (Å²) in [5.41, 5.74) is 1.76. The van der Waals surface area contributed by atoms with Gasteiger partial charge in [0, 0.05) is 57.2 Å². The maximum atomic E-state index is 12.6. The van der Waals surface area contributed by atoms with Gasteiger partial charge in [0.05, 0.1) is 6.04 Å². The molecule has 1 fully saturated rings. The number of anilines is 1. The number of pyridine rings is 1. The molecule has 0 aromatic carbocycles. The third-order valence-electron chi connectivity index (χ3n) is 4.35. The molecule has 2 amide bonds. The predicted molar refractivity (Wildman–Crippen MR) is 88.1 cm³/mol. The smallest absolute Gasteiger partial charge is 0.321 e. The van der Waals surface area contributed by atoms with Crippen molar-refractivity contribution in [1.82, 2.24) is 24.3 Å². The highest BCUT2D eigenvalue weighted by Crippen LogP contribution is 2.23. The summed E-state index contributed by atoms with van der Waals surface area (Å²) in [6, 6.07) is 1.85. The quantitative estimate of drug-likeness (QED) is 0.915. The number of hydrogen-bond acceptors (Lipinski definition) is 4. The van der Waals surface area contributed by atoms with Crippen LogP contribution in [0.2, 0.25) is 0 Å². The Balaban J connectivity index is 1.72. The number of urea groups is 1. The number of nitrogens with zero attached hydrogens (tertiary/aromatic N) is 5. The second kappa shape index (κ2) is 6.37. The number of hydrogen-bond donors (Lipinski definition) is 1. The molecule has 0 aliphatic carbocycles. The van der Waals surface area contributed by atoms with Gasteiger partial charge >= 0.3 is 6.03 Å². The van der Waals surface area contributed by atoms with Gasteiger partial charge in [-0.3, -0.25) is 9.88 Å². The number of amides is 2. The van der Waals surface area contributed by atoms with Gasteiger partial charge in [-0.2, -0.15) is 0 Å². The molecule has 7 nitrogen and oxygen atoms in total. The highest BCUT2D eigenvalue weighted by atomic mass is 16.2. The maximum Gasteiger partial charge on any atom is 0.321 e. The van der Waals surface area contributed by atoms with Crippen LogP contribution in [0.3, 0.4) is 0 Å². The Labute approximate surface area is 135 Å². The van der Waals surface area contributed by atoms with Gasteiger partial charge in [-0.25, -0.2) is 9.78 Å². The first kappa shape index (κ1) is 15.5. The van der Waals surface area contributed by atoms with Gasteiger partial charge in [0.2, 0.25) is 0 Å². The Bertz CT molecular complexity index is 697. The molecule has 23 heavy (non-hydrogen) atoms. The summed E-state index contributed by atoms with van der Waals surface area (Å²) >= 11 is 0. The molecule has 1 saturated heterocycles. The van der Waals surface area contributed by atoms with E-state index in [0.29, 0.717) is 13.1 Å². The van der Waals surface area contributed by atoms with E-state index in [0.717, 1.165) is 23.6 Å². The van der Waals surface area contributed by atoms with Crippen molar-refractivity contribution in [3.05, 3.63) is 42.2 Å². The zero-order chi connectivity index (χ0) is 16.4. The van der Waals surface area contributed by atoms with Gasteiger partial charge in [0.1, 0.15) is 5.82 Å². The zero-order valence-corrected chi connectivity index (χ0v) is 13.7. The zero-order valence-electron chi connectivity index (χ0n) is 13.7. The van der Waals surface area contributed by atoms with Crippen LogP contribution in [0.15, 0.2) is 30.9 Å². The predicted octanol–water partition coefficient (Wildman–Crippen LogP) is 1.64. The number of aromatic nitrogens is 3. The largest absolute Gasteiger partial charge is 0.337 e. The van der Waals surface area contributed by atoms with Crippen LogP contribution in [0.5, 0.6) is 0 Å². The Morgan fingerprint density at radius 3 is 2.83 bits per heavy atom. The van der Waals surface area contributed by atoms with Crippen LogP contribution in [0.1, 0.15) is 17.4 Å². The van der Waals surface area contributed by atoms with Crippen molar-refractivity contribution in [1.29, 1.82) is 0 Å². The molecule has 0 radical (unpaired) electrons. The first-order chi connectivity index (χ1) is 11.1. The van der Waals surface area contributed by atoms with Crippen LogP contribution >= 0.6 is 0 Å².